The molecule has 1 fully saturated rings. The lowest BCUT2D eigenvalue weighted by Crippen LogP contribution is -2.47. The number of hydrogen-bond donors (Lipinski definition) is 2. The normalized spacial score (nSPS) is 19.4. The van der Waals surface area contributed by atoms with Crippen LogP contribution in [0.15, 0.2) is 18.2 Å². The lowest BCUT2D eigenvalue weighted by molar-refractivity contribution is 0.309. The second-order valence-electron chi connectivity index (χ2n) is 6.29. The van der Waals surface area contributed by atoms with Crippen LogP contribution in [0.4, 0.5) is 0 Å². The summed E-state index contributed by atoms with van der Waals surface area (Å²) in [6, 6.07) is 8.37. The van der Waals surface area contributed by atoms with E-state index in [-0.39, 0.29) is 14.9 Å². The fourth-order valence-corrected chi connectivity index (χ4v) is 3.27. The van der Waals surface area contributed by atoms with Gasteiger partial charge in [0.15, 0.2) is 0 Å². The van der Waals surface area contributed by atoms with Gasteiger partial charge in [-0.1, -0.05) is 66.7 Å². The average molecular weight is 337 g/mol. The van der Waals surface area contributed by atoms with E-state index in [0.29, 0.717) is 12.1 Å². The Labute approximate surface area is 152 Å². The third-order valence-electron chi connectivity index (χ3n) is 4.84. The molecule has 0 bridgehead atoms. The largest absolute Gasteiger partial charge is 0.315 e. The number of likely N-dealkylation sites (N-methyl/N-ethyl adjacent to an activating group) is 2. The average Bonchev–Trinajstić information content (AvgIpc) is 2.61. The molecule has 0 amide bonds. The zero-order valence-electron chi connectivity index (χ0n) is 15.3. The second-order valence-corrected chi connectivity index (χ2v) is 6.29. The monoisotopic (exact) mass is 336 g/mol. The molecule has 2 nitrogen and oxygen atoms in total. The van der Waals surface area contributed by atoms with Crippen molar-refractivity contribution >= 4 is 0 Å². The maximum absolute atomic E-state index is 3.34. The van der Waals surface area contributed by atoms with Crippen LogP contribution in [-0.2, 0) is 19.3 Å². The summed E-state index contributed by atoms with van der Waals surface area (Å²) in [5.41, 5.74) is 4.43. The van der Waals surface area contributed by atoms with Crippen molar-refractivity contribution in [2.24, 2.45) is 0 Å². The lowest BCUT2D eigenvalue weighted by Gasteiger charge is -2.30. The predicted molar refractivity (Wildman–Crippen MR) is 112 cm³/mol. The zero-order valence-corrected chi connectivity index (χ0v) is 15.3. The number of rotatable bonds is 5. The third kappa shape index (κ3) is 8.30. The molecule has 1 aromatic carbocycles. The lowest BCUT2D eigenvalue weighted by atomic mass is 9.91. The van der Waals surface area contributed by atoms with Gasteiger partial charge in [0.25, 0.3) is 0 Å². The van der Waals surface area contributed by atoms with Crippen LogP contribution < -0.4 is 10.6 Å². The van der Waals surface area contributed by atoms with Crippen LogP contribution in [0.2, 0.25) is 0 Å². The second kappa shape index (κ2) is 14.5. The van der Waals surface area contributed by atoms with Gasteiger partial charge < -0.3 is 10.6 Å². The van der Waals surface area contributed by atoms with Crippen molar-refractivity contribution < 1.29 is 0 Å². The minimum absolute atomic E-state index is 0. The molecular formula is C22H44N2. The number of nitrogens with one attached hydrogen (secondary N) is 2. The van der Waals surface area contributed by atoms with Crippen molar-refractivity contribution in [2.75, 3.05) is 14.1 Å². The third-order valence-corrected chi connectivity index (χ3v) is 4.84. The SMILES string of the molecule is C.C.CCc1cc(CC)cc(CC)c1.CNC1CCCCC1NC. The van der Waals surface area contributed by atoms with E-state index in [4.69, 9.17) is 0 Å². The molecule has 0 aliphatic heterocycles. The summed E-state index contributed by atoms with van der Waals surface area (Å²) in [4.78, 5) is 0. The predicted octanol–water partition coefficient (Wildman–Crippen LogP) is 5.38. The molecule has 1 saturated carbocycles. The van der Waals surface area contributed by atoms with Crippen LogP contribution in [0.25, 0.3) is 0 Å². The first-order valence-corrected chi connectivity index (χ1v) is 9.14. The summed E-state index contributed by atoms with van der Waals surface area (Å²) in [6.45, 7) is 6.65. The van der Waals surface area contributed by atoms with Crippen LogP contribution in [0.1, 0.15) is 78.0 Å². The van der Waals surface area contributed by atoms with Gasteiger partial charge in [0.05, 0.1) is 0 Å². The summed E-state index contributed by atoms with van der Waals surface area (Å²) >= 11 is 0. The van der Waals surface area contributed by atoms with E-state index in [9.17, 15) is 0 Å². The molecule has 2 atom stereocenters. The highest BCUT2D eigenvalue weighted by Crippen LogP contribution is 2.17. The quantitative estimate of drug-likeness (QED) is 0.754. The van der Waals surface area contributed by atoms with E-state index in [0.717, 1.165) is 19.3 Å². The molecule has 1 aliphatic rings. The van der Waals surface area contributed by atoms with Gasteiger partial charge in [0.1, 0.15) is 0 Å². The van der Waals surface area contributed by atoms with Crippen LogP contribution >= 0.6 is 0 Å². The first kappa shape index (κ1) is 25.4. The van der Waals surface area contributed by atoms with Gasteiger partial charge in [0, 0.05) is 12.1 Å². The standard InChI is InChI=1S/C12H18.C8H18N2.2CH4/c1-4-10-7-11(5-2)9-12(6-3)8-10;1-9-7-5-3-4-6-8(7)10-2;;/h7-9H,4-6H2,1-3H3;7-10H,3-6H2,1-2H3;2*1H4. The van der Waals surface area contributed by atoms with Gasteiger partial charge in [-0.25, -0.2) is 0 Å². The smallest absolute Gasteiger partial charge is 0.0218 e. The molecule has 24 heavy (non-hydrogen) atoms. The van der Waals surface area contributed by atoms with Crippen molar-refractivity contribution in [2.45, 2.75) is 92.7 Å². The molecule has 0 spiro atoms. The first-order valence-electron chi connectivity index (χ1n) is 9.14. The Morgan fingerprint density at radius 2 is 1.00 bits per heavy atom. The Balaban J connectivity index is 0. The van der Waals surface area contributed by atoms with Crippen LogP contribution in [-0.4, -0.2) is 26.2 Å². The van der Waals surface area contributed by atoms with Crippen molar-refractivity contribution in [3.63, 3.8) is 0 Å². The Hall–Kier alpha value is -0.860. The summed E-state index contributed by atoms with van der Waals surface area (Å²) in [6.07, 6.45) is 8.92. The molecule has 1 aliphatic carbocycles. The molecule has 2 rings (SSSR count). The number of benzene rings is 1. The van der Waals surface area contributed by atoms with E-state index in [1.54, 1.807) is 0 Å². The number of aryl methyl sites for hydroxylation is 3. The van der Waals surface area contributed by atoms with E-state index in [1.165, 1.54) is 42.4 Å². The maximum Gasteiger partial charge on any atom is 0.0218 e. The molecular weight excluding hydrogens is 292 g/mol. The van der Waals surface area contributed by atoms with Crippen molar-refractivity contribution in [1.82, 2.24) is 10.6 Å². The van der Waals surface area contributed by atoms with Gasteiger partial charge >= 0.3 is 0 Å². The van der Waals surface area contributed by atoms with Gasteiger partial charge in [-0.2, -0.15) is 0 Å². The summed E-state index contributed by atoms with van der Waals surface area (Å²) < 4.78 is 0. The maximum atomic E-state index is 3.34. The Morgan fingerprint density at radius 3 is 1.21 bits per heavy atom. The van der Waals surface area contributed by atoms with E-state index >= 15 is 0 Å². The molecule has 0 heterocycles. The minimum atomic E-state index is 0. The fourth-order valence-electron chi connectivity index (χ4n) is 3.27. The highest BCUT2D eigenvalue weighted by atomic mass is 15.0. The van der Waals surface area contributed by atoms with Crippen molar-refractivity contribution in [3.05, 3.63) is 34.9 Å². The summed E-state index contributed by atoms with van der Waals surface area (Å²) in [5, 5.41) is 6.68. The molecule has 2 heteroatoms. The number of hydrogen-bond acceptors (Lipinski definition) is 2. The van der Waals surface area contributed by atoms with Crippen LogP contribution in [0, 0.1) is 0 Å². The molecule has 0 radical (unpaired) electrons. The van der Waals surface area contributed by atoms with Gasteiger partial charge in [-0.05, 0) is 62.9 Å². The van der Waals surface area contributed by atoms with E-state index < -0.39 is 0 Å². The summed E-state index contributed by atoms with van der Waals surface area (Å²) in [5.74, 6) is 0. The van der Waals surface area contributed by atoms with Gasteiger partial charge in [0.2, 0.25) is 0 Å². The van der Waals surface area contributed by atoms with Crippen LogP contribution in [0.5, 0.6) is 0 Å². The molecule has 2 unspecified atom stereocenters. The topological polar surface area (TPSA) is 24.1 Å². The van der Waals surface area contributed by atoms with Gasteiger partial charge in [-0.15, -0.1) is 0 Å². The van der Waals surface area contributed by atoms with Crippen molar-refractivity contribution in [3.8, 4) is 0 Å². The van der Waals surface area contributed by atoms with Gasteiger partial charge in [-0.3, -0.25) is 0 Å². The molecule has 1 aromatic rings. The highest BCUT2D eigenvalue weighted by molar-refractivity contribution is 5.30. The Kier molecular flexibility index (Phi) is 15.3. The first-order chi connectivity index (χ1) is 10.7. The zero-order chi connectivity index (χ0) is 16.4. The fraction of sp³-hybridized carbons (Fsp3) is 0.727. The Morgan fingerprint density at radius 1 is 0.708 bits per heavy atom. The Bertz CT molecular complexity index is 347. The molecule has 0 aromatic heterocycles. The molecule has 142 valence electrons. The minimum Gasteiger partial charge on any atom is -0.315 e. The molecule has 0 saturated heterocycles. The van der Waals surface area contributed by atoms with Crippen molar-refractivity contribution in [1.29, 1.82) is 0 Å². The molecule has 2 N–H and O–H groups in total. The van der Waals surface area contributed by atoms with E-state index in [1.807, 2.05) is 0 Å². The highest BCUT2D eigenvalue weighted by Gasteiger charge is 2.21. The van der Waals surface area contributed by atoms with E-state index in [2.05, 4.69) is 63.7 Å². The summed E-state index contributed by atoms with van der Waals surface area (Å²) in [7, 11) is 4.11. The van der Waals surface area contributed by atoms with Crippen LogP contribution in [0.3, 0.4) is 0 Å².